The number of para-hydroxylation sites is 1. The van der Waals surface area contributed by atoms with Gasteiger partial charge in [0.15, 0.2) is 6.61 Å². The van der Waals surface area contributed by atoms with Gasteiger partial charge in [0.25, 0.3) is 5.91 Å². The van der Waals surface area contributed by atoms with Gasteiger partial charge in [0.1, 0.15) is 17.2 Å². The van der Waals surface area contributed by atoms with Crippen LogP contribution in [0.5, 0.6) is 17.2 Å². The van der Waals surface area contributed by atoms with E-state index in [4.69, 9.17) is 9.47 Å². The Bertz CT molecular complexity index is 682. The molecular weight excluding hydrogens is 328 g/mol. The molecule has 1 amide bonds. The van der Waals surface area contributed by atoms with Crippen LogP contribution < -0.4 is 9.47 Å². The van der Waals surface area contributed by atoms with Crippen molar-refractivity contribution in [2.75, 3.05) is 39.8 Å². The Morgan fingerprint density at radius 2 is 1.58 bits per heavy atom. The highest BCUT2D eigenvalue weighted by Crippen LogP contribution is 2.23. The third kappa shape index (κ3) is 5.49. The molecule has 138 valence electrons. The van der Waals surface area contributed by atoms with Crippen molar-refractivity contribution in [3.63, 3.8) is 0 Å². The summed E-state index contributed by atoms with van der Waals surface area (Å²) in [6.07, 6.45) is 2.54. The lowest BCUT2D eigenvalue weighted by Crippen LogP contribution is -2.37. The number of carbonyl (C=O) groups excluding carboxylic acids is 1. The van der Waals surface area contributed by atoms with E-state index >= 15 is 0 Å². The van der Waals surface area contributed by atoms with E-state index in [0.29, 0.717) is 5.75 Å². The molecule has 0 saturated carbocycles. The second kappa shape index (κ2) is 9.25. The molecule has 0 bridgehead atoms. The van der Waals surface area contributed by atoms with Gasteiger partial charge in [0.2, 0.25) is 0 Å². The molecule has 1 heterocycles. The highest BCUT2D eigenvalue weighted by Gasteiger charge is 2.14. The largest absolute Gasteiger partial charge is 0.484 e. The van der Waals surface area contributed by atoms with E-state index in [0.717, 1.165) is 37.7 Å². The third-order valence-corrected chi connectivity index (χ3v) is 4.54. The van der Waals surface area contributed by atoms with Crippen molar-refractivity contribution in [3.05, 3.63) is 54.6 Å². The fourth-order valence-corrected chi connectivity index (χ4v) is 2.91. The molecule has 0 aromatic heterocycles. The number of likely N-dealkylation sites (N-methyl/N-ethyl adjacent to an activating group) is 1. The number of rotatable bonds is 8. The number of nitrogens with zero attached hydrogens (tertiary/aromatic N) is 2. The summed E-state index contributed by atoms with van der Waals surface area (Å²) in [7, 11) is 1.83. The van der Waals surface area contributed by atoms with Gasteiger partial charge in [-0.05, 0) is 62.3 Å². The fraction of sp³-hybridized carbons (Fsp3) is 0.381. The molecule has 3 rings (SSSR count). The summed E-state index contributed by atoms with van der Waals surface area (Å²) in [6, 6.07) is 16.9. The SMILES string of the molecule is CN(CCN1CCCC1)C(=O)COc1ccc(Oc2ccccc2)cc1. The zero-order valence-electron chi connectivity index (χ0n) is 15.3. The lowest BCUT2D eigenvalue weighted by Gasteiger charge is -2.21. The third-order valence-electron chi connectivity index (χ3n) is 4.54. The molecule has 1 aliphatic rings. The highest BCUT2D eigenvalue weighted by atomic mass is 16.5. The number of carbonyl (C=O) groups is 1. The summed E-state index contributed by atoms with van der Waals surface area (Å²) < 4.78 is 11.3. The van der Waals surface area contributed by atoms with Crippen LogP contribution in [0.25, 0.3) is 0 Å². The lowest BCUT2D eigenvalue weighted by atomic mass is 10.3. The Balaban J connectivity index is 1.41. The minimum Gasteiger partial charge on any atom is -0.484 e. The molecule has 0 atom stereocenters. The molecule has 0 aliphatic carbocycles. The second-order valence-corrected chi connectivity index (χ2v) is 6.54. The maximum Gasteiger partial charge on any atom is 0.260 e. The first kappa shape index (κ1) is 18.3. The van der Waals surface area contributed by atoms with Gasteiger partial charge in [-0.15, -0.1) is 0 Å². The van der Waals surface area contributed by atoms with Gasteiger partial charge in [0, 0.05) is 20.1 Å². The zero-order valence-corrected chi connectivity index (χ0v) is 15.3. The van der Waals surface area contributed by atoms with Crippen molar-refractivity contribution in [3.8, 4) is 17.2 Å². The van der Waals surface area contributed by atoms with E-state index in [1.807, 2.05) is 61.6 Å². The van der Waals surface area contributed by atoms with Crippen molar-refractivity contribution in [2.45, 2.75) is 12.8 Å². The molecule has 2 aromatic carbocycles. The number of ether oxygens (including phenoxy) is 2. The predicted molar refractivity (Wildman–Crippen MR) is 102 cm³/mol. The van der Waals surface area contributed by atoms with E-state index in [9.17, 15) is 4.79 Å². The Labute approximate surface area is 155 Å². The van der Waals surface area contributed by atoms with E-state index < -0.39 is 0 Å². The van der Waals surface area contributed by atoms with Crippen LogP contribution >= 0.6 is 0 Å². The molecule has 0 N–H and O–H groups in total. The molecule has 5 nitrogen and oxygen atoms in total. The molecule has 0 unspecified atom stereocenters. The molecule has 26 heavy (non-hydrogen) atoms. The van der Waals surface area contributed by atoms with Crippen LogP contribution in [0, 0.1) is 0 Å². The first-order chi connectivity index (χ1) is 12.7. The van der Waals surface area contributed by atoms with Crippen molar-refractivity contribution in [1.82, 2.24) is 9.80 Å². The lowest BCUT2D eigenvalue weighted by molar-refractivity contribution is -0.132. The van der Waals surface area contributed by atoms with E-state index in [2.05, 4.69) is 4.90 Å². The van der Waals surface area contributed by atoms with Crippen LogP contribution in [0.2, 0.25) is 0 Å². The standard InChI is InChI=1S/C21H26N2O3/c1-22(15-16-23-13-5-6-14-23)21(24)17-25-18-9-11-20(12-10-18)26-19-7-3-2-4-8-19/h2-4,7-12H,5-6,13-17H2,1H3. The van der Waals surface area contributed by atoms with Crippen LogP contribution in [-0.2, 0) is 4.79 Å². The van der Waals surface area contributed by atoms with Crippen LogP contribution in [0.1, 0.15) is 12.8 Å². The number of hydrogen-bond donors (Lipinski definition) is 0. The van der Waals surface area contributed by atoms with Crippen molar-refractivity contribution in [2.24, 2.45) is 0 Å². The van der Waals surface area contributed by atoms with Gasteiger partial charge < -0.3 is 19.3 Å². The van der Waals surface area contributed by atoms with Gasteiger partial charge in [-0.2, -0.15) is 0 Å². The number of hydrogen-bond acceptors (Lipinski definition) is 4. The topological polar surface area (TPSA) is 42.0 Å². The van der Waals surface area contributed by atoms with E-state index in [-0.39, 0.29) is 12.5 Å². The number of likely N-dealkylation sites (tertiary alicyclic amines) is 1. The average Bonchev–Trinajstić information content (AvgIpc) is 3.20. The van der Waals surface area contributed by atoms with Gasteiger partial charge >= 0.3 is 0 Å². The Hall–Kier alpha value is -2.53. The maximum absolute atomic E-state index is 12.2. The quantitative estimate of drug-likeness (QED) is 0.728. The van der Waals surface area contributed by atoms with Gasteiger partial charge in [-0.3, -0.25) is 4.79 Å². The fourth-order valence-electron chi connectivity index (χ4n) is 2.91. The summed E-state index contributed by atoms with van der Waals surface area (Å²) in [6.45, 7) is 4.03. The second-order valence-electron chi connectivity index (χ2n) is 6.54. The number of benzene rings is 2. The smallest absolute Gasteiger partial charge is 0.260 e. The molecule has 1 saturated heterocycles. The van der Waals surface area contributed by atoms with E-state index in [1.54, 1.807) is 4.90 Å². The first-order valence-electron chi connectivity index (χ1n) is 9.13. The summed E-state index contributed by atoms with van der Waals surface area (Å²) >= 11 is 0. The van der Waals surface area contributed by atoms with Gasteiger partial charge in [-0.25, -0.2) is 0 Å². The predicted octanol–water partition coefficient (Wildman–Crippen LogP) is 3.41. The molecular formula is C21H26N2O3. The van der Waals surface area contributed by atoms with Crippen LogP contribution in [-0.4, -0.2) is 55.5 Å². The van der Waals surface area contributed by atoms with Gasteiger partial charge in [0.05, 0.1) is 0 Å². The Morgan fingerprint density at radius 3 is 2.27 bits per heavy atom. The summed E-state index contributed by atoms with van der Waals surface area (Å²) in [5.41, 5.74) is 0. The van der Waals surface area contributed by atoms with Crippen LogP contribution in [0.4, 0.5) is 0 Å². The molecule has 0 radical (unpaired) electrons. The molecule has 1 fully saturated rings. The maximum atomic E-state index is 12.2. The summed E-state index contributed by atoms with van der Waals surface area (Å²) in [5.74, 6) is 2.18. The first-order valence-corrected chi connectivity index (χ1v) is 9.13. The zero-order chi connectivity index (χ0) is 18.2. The number of amides is 1. The van der Waals surface area contributed by atoms with E-state index in [1.165, 1.54) is 12.8 Å². The van der Waals surface area contributed by atoms with Gasteiger partial charge in [-0.1, -0.05) is 18.2 Å². The average molecular weight is 354 g/mol. The van der Waals surface area contributed by atoms with Crippen LogP contribution in [0.15, 0.2) is 54.6 Å². The Kier molecular flexibility index (Phi) is 6.50. The monoisotopic (exact) mass is 354 g/mol. The minimum absolute atomic E-state index is 0.00573. The molecule has 2 aromatic rings. The summed E-state index contributed by atoms with van der Waals surface area (Å²) in [5, 5.41) is 0. The Morgan fingerprint density at radius 1 is 0.962 bits per heavy atom. The molecule has 5 heteroatoms. The molecule has 0 spiro atoms. The van der Waals surface area contributed by atoms with Crippen molar-refractivity contribution in [1.29, 1.82) is 0 Å². The minimum atomic E-state index is -0.00573. The van der Waals surface area contributed by atoms with Crippen molar-refractivity contribution < 1.29 is 14.3 Å². The van der Waals surface area contributed by atoms with Crippen molar-refractivity contribution >= 4 is 5.91 Å². The summed E-state index contributed by atoms with van der Waals surface area (Å²) in [4.78, 5) is 16.3. The molecule has 1 aliphatic heterocycles. The highest BCUT2D eigenvalue weighted by molar-refractivity contribution is 5.77. The van der Waals surface area contributed by atoms with Crippen LogP contribution in [0.3, 0.4) is 0 Å². The normalized spacial score (nSPS) is 14.2.